The molecule has 0 fully saturated rings. The van der Waals surface area contributed by atoms with E-state index in [0.717, 1.165) is 0 Å². The van der Waals surface area contributed by atoms with Crippen molar-refractivity contribution >= 4 is 44.1 Å². The van der Waals surface area contributed by atoms with E-state index in [1.807, 2.05) is 11.8 Å². The van der Waals surface area contributed by atoms with Gasteiger partial charge >= 0.3 is 0 Å². The molecule has 1 heteroatoms. The quantitative estimate of drug-likeness (QED) is 0.220. The minimum atomic E-state index is 1.21. The summed E-state index contributed by atoms with van der Waals surface area (Å²) in [5.41, 5.74) is 2.76. The molecule has 0 atom stereocenters. The fourth-order valence-electron chi connectivity index (χ4n) is 3.69. The van der Waals surface area contributed by atoms with Crippen LogP contribution in [-0.2, 0) is 0 Å². The van der Waals surface area contributed by atoms with Crippen LogP contribution in [0.25, 0.3) is 32.3 Å². The van der Waals surface area contributed by atoms with Gasteiger partial charge in [0.05, 0.1) is 0 Å². The molecule has 4 aromatic rings. The number of unbranched alkanes of at least 4 members (excludes halogenated alkanes) is 1. The Morgan fingerprint density at radius 2 is 1.39 bits per heavy atom. The van der Waals surface area contributed by atoms with Crippen molar-refractivity contribution in [2.75, 3.05) is 5.75 Å². The zero-order valence-electron chi connectivity index (χ0n) is 14.1. The molecule has 0 nitrogen and oxygen atoms in total. The van der Waals surface area contributed by atoms with Crippen LogP contribution in [0.2, 0.25) is 0 Å². The highest BCUT2D eigenvalue weighted by atomic mass is 32.2. The van der Waals surface area contributed by atoms with Crippen molar-refractivity contribution in [3.05, 3.63) is 53.6 Å². The number of hydrogen-bond acceptors (Lipinski definition) is 1. The normalized spacial score (nSPS) is 12.0. The van der Waals surface area contributed by atoms with E-state index in [4.69, 9.17) is 0 Å². The minimum Gasteiger partial charge on any atom is -0.126 e. The van der Waals surface area contributed by atoms with Crippen molar-refractivity contribution in [2.45, 2.75) is 38.5 Å². The van der Waals surface area contributed by atoms with E-state index in [2.05, 4.69) is 63.2 Å². The molecule has 0 unspecified atom stereocenters. The lowest BCUT2D eigenvalue weighted by atomic mass is 9.90. The molecule has 0 aliphatic heterocycles. The van der Waals surface area contributed by atoms with Crippen LogP contribution in [-0.4, -0.2) is 5.75 Å². The molecule has 0 spiro atoms. The third-order valence-corrected chi connectivity index (χ3v) is 5.93. The van der Waals surface area contributed by atoms with Crippen LogP contribution in [0.4, 0.5) is 0 Å². The first kappa shape index (κ1) is 14.8. The first-order valence-electron chi connectivity index (χ1n) is 8.50. The highest BCUT2D eigenvalue weighted by Gasteiger charge is 2.12. The molecule has 4 aromatic carbocycles. The molecule has 0 aliphatic rings. The molecule has 0 aliphatic carbocycles. The summed E-state index contributed by atoms with van der Waals surface area (Å²) in [6.07, 6.45) is 2.55. The minimum absolute atomic E-state index is 1.21. The first-order valence-corrected chi connectivity index (χ1v) is 9.49. The average Bonchev–Trinajstić information content (AvgIpc) is 2.54. The second-order valence-corrected chi connectivity index (χ2v) is 7.73. The van der Waals surface area contributed by atoms with Crippen LogP contribution in [0.15, 0.2) is 47.4 Å². The van der Waals surface area contributed by atoms with E-state index in [1.54, 1.807) is 0 Å². The predicted octanol–water partition coefficient (Wildman–Crippen LogP) is 7.09. The zero-order valence-corrected chi connectivity index (χ0v) is 14.9. The van der Waals surface area contributed by atoms with E-state index in [9.17, 15) is 0 Å². The first-order chi connectivity index (χ1) is 11.2. The molecule has 0 saturated heterocycles. The maximum Gasteiger partial charge on any atom is 0.00843 e. The fraction of sp³-hybridized carbons (Fsp3) is 0.273. The van der Waals surface area contributed by atoms with E-state index in [-0.39, 0.29) is 0 Å². The molecule has 0 radical (unpaired) electrons. The summed E-state index contributed by atoms with van der Waals surface area (Å²) in [6.45, 7) is 6.71. The average molecular weight is 318 g/mol. The second kappa shape index (κ2) is 5.72. The van der Waals surface area contributed by atoms with Crippen molar-refractivity contribution in [1.82, 2.24) is 0 Å². The van der Waals surface area contributed by atoms with Crippen LogP contribution >= 0.6 is 11.8 Å². The van der Waals surface area contributed by atoms with Crippen LogP contribution in [0.3, 0.4) is 0 Å². The molecule has 0 N–H and O–H groups in total. The third kappa shape index (κ3) is 2.38. The molecule has 0 amide bonds. The maximum atomic E-state index is 2.37. The third-order valence-electron chi connectivity index (χ3n) is 4.87. The van der Waals surface area contributed by atoms with Gasteiger partial charge in [0.25, 0.3) is 0 Å². The standard InChI is InChI=1S/C22H22S/c1-4-5-10-23-18-12-16-6-8-19-14(2)11-15(3)20-9-7-17(13-18)21(16)22(19)20/h6-9,11-13H,4-5,10H2,1-3H3. The summed E-state index contributed by atoms with van der Waals surface area (Å²) >= 11 is 1.99. The van der Waals surface area contributed by atoms with Crippen LogP contribution < -0.4 is 0 Å². The molecule has 116 valence electrons. The van der Waals surface area contributed by atoms with Gasteiger partial charge in [-0.3, -0.25) is 0 Å². The Bertz CT molecular complexity index is 928. The van der Waals surface area contributed by atoms with Crippen molar-refractivity contribution in [1.29, 1.82) is 0 Å². The van der Waals surface area contributed by atoms with E-state index < -0.39 is 0 Å². The Labute approximate surface area is 142 Å². The zero-order chi connectivity index (χ0) is 16.0. The summed E-state index contributed by atoms with van der Waals surface area (Å²) in [6, 6.07) is 16.3. The van der Waals surface area contributed by atoms with Gasteiger partial charge in [0.15, 0.2) is 0 Å². The van der Waals surface area contributed by atoms with E-state index >= 15 is 0 Å². The lowest BCUT2D eigenvalue weighted by Gasteiger charge is -2.15. The van der Waals surface area contributed by atoms with E-state index in [0.29, 0.717) is 0 Å². The number of thioether (sulfide) groups is 1. The summed E-state index contributed by atoms with van der Waals surface area (Å²) < 4.78 is 0. The number of rotatable bonds is 4. The Morgan fingerprint density at radius 3 is 1.96 bits per heavy atom. The lowest BCUT2D eigenvalue weighted by molar-refractivity contribution is 0.896. The smallest absolute Gasteiger partial charge is 0.00843 e. The summed E-state index contributed by atoms with van der Waals surface area (Å²) in [4.78, 5) is 1.40. The summed E-state index contributed by atoms with van der Waals surface area (Å²) in [5, 5.41) is 8.44. The molecule has 23 heavy (non-hydrogen) atoms. The van der Waals surface area contributed by atoms with Crippen molar-refractivity contribution < 1.29 is 0 Å². The summed E-state index contributed by atoms with van der Waals surface area (Å²) in [5.74, 6) is 1.21. The van der Waals surface area contributed by atoms with Gasteiger partial charge in [0, 0.05) is 4.90 Å². The fourth-order valence-corrected chi connectivity index (χ4v) is 4.78. The molecule has 0 saturated carbocycles. The van der Waals surface area contributed by atoms with Crippen molar-refractivity contribution in [2.24, 2.45) is 0 Å². The van der Waals surface area contributed by atoms with E-state index in [1.165, 1.54) is 66.9 Å². The van der Waals surface area contributed by atoms with Gasteiger partial charge in [0.1, 0.15) is 0 Å². The highest BCUT2D eigenvalue weighted by Crippen LogP contribution is 2.39. The molecule has 0 aromatic heterocycles. The van der Waals surface area contributed by atoms with Gasteiger partial charge in [-0.15, -0.1) is 11.8 Å². The van der Waals surface area contributed by atoms with Crippen molar-refractivity contribution in [3.63, 3.8) is 0 Å². The largest absolute Gasteiger partial charge is 0.126 e. The highest BCUT2D eigenvalue weighted by molar-refractivity contribution is 7.99. The van der Waals surface area contributed by atoms with Crippen LogP contribution in [0.5, 0.6) is 0 Å². The molecule has 0 bridgehead atoms. The second-order valence-electron chi connectivity index (χ2n) is 6.56. The Kier molecular flexibility index (Phi) is 3.69. The van der Waals surface area contributed by atoms with Gasteiger partial charge in [-0.05, 0) is 81.6 Å². The van der Waals surface area contributed by atoms with Crippen molar-refractivity contribution in [3.8, 4) is 0 Å². The monoisotopic (exact) mass is 318 g/mol. The van der Waals surface area contributed by atoms with Gasteiger partial charge in [-0.25, -0.2) is 0 Å². The van der Waals surface area contributed by atoms with Gasteiger partial charge < -0.3 is 0 Å². The summed E-state index contributed by atoms with van der Waals surface area (Å²) in [7, 11) is 0. The molecular formula is C22H22S. The molecule has 0 heterocycles. The number of hydrogen-bond donors (Lipinski definition) is 0. The Morgan fingerprint density at radius 1 is 0.783 bits per heavy atom. The Balaban J connectivity index is 2.01. The lowest BCUT2D eigenvalue weighted by Crippen LogP contribution is -1.90. The van der Waals surface area contributed by atoms with Crippen LogP contribution in [0.1, 0.15) is 30.9 Å². The number of benzene rings is 4. The number of aryl methyl sites for hydroxylation is 2. The predicted molar refractivity (Wildman–Crippen MR) is 105 cm³/mol. The van der Waals surface area contributed by atoms with Crippen LogP contribution in [0, 0.1) is 13.8 Å². The topological polar surface area (TPSA) is 0 Å². The molecule has 4 rings (SSSR count). The molecular weight excluding hydrogens is 296 g/mol. The van der Waals surface area contributed by atoms with Gasteiger partial charge in [0.2, 0.25) is 0 Å². The Hall–Kier alpha value is -1.73. The maximum absolute atomic E-state index is 2.37. The van der Waals surface area contributed by atoms with Gasteiger partial charge in [-0.1, -0.05) is 43.7 Å². The van der Waals surface area contributed by atoms with Gasteiger partial charge in [-0.2, -0.15) is 0 Å². The SMILES string of the molecule is CCCCSc1cc2ccc3c(C)cc(C)c4ccc(c1)c2c34.